The predicted molar refractivity (Wildman–Crippen MR) is 69.1 cm³/mol. The van der Waals surface area contributed by atoms with Crippen LogP contribution < -0.4 is 4.74 Å². The first-order chi connectivity index (χ1) is 8.31. The third-order valence-corrected chi connectivity index (χ3v) is 3.83. The monoisotopic (exact) mass is 268 g/mol. The molecule has 3 nitrogen and oxygen atoms in total. The van der Waals surface area contributed by atoms with E-state index in [1.54, 1.807) is 0 Å². The van der Waals surface area contributed by atoms with E-state index in [2.05, 4.69) is 0 Å². The number of hydrogen-bond acceptors (Lipinski definition) is 5. The second kappa shape index (κ2) is 4.76. The Morgan fingerprint density at radius 1 is 1.35 bits per heavy atom. The molecule has 90 valence electrons. The maximum absolute atomic E-state index is 5.78. The van der Waals surface area contributed by atoms with Gasteiger partial charge in [-0.15, -0.1) is 0 Å². The molecule has 0 spiro atoms. The van der Waals surface area contributed by atoms with Crippen molar-refractivity contribution in [2.24, 2.45) is 0 Å². The molecule has 1 fully saturated rings. The smallest absolute Gasteiger partial charge is 0.248 e. The molecular weight excluding hydrogens is 256 g/mol. The Hall–Kier alpha value is -0.910. The van der Waals surface area contributed by atoms with E-state index in [-0.39, 0.29) is 6.29 Å². The number of ether oxygens (including phenoxy) is 2. The number of benzene rings is 1. The van der Waals surface area contributed by atoms with Crippen LogP contribution in [0.15, 0.2) is 22.6 Å². The Balaban J connectivity index is 1.82. The first-order valence-corrected chi connectivity index (χ1v) is 6.86. The Kier molecular flexibility index (Phi) is 3.13. The maximum Gasteiger partial charge on any atom is 0.248 e. The molecule has 0 unspecified atom stereocenters. The highest BCUT2D eigenvalue weighted by Gasteiger charge is 2.15. The average Bonchev–Trinajstić information content (AvgIpc) is 2.70. The van der Waals surface area contributed by atoms with Gasteiger partial charge >= 0.3 is 0 Å². The first kappa shape index (κ1) is 11.2. The minimum atomic E-state index is -0.110. The highest BCUT2D eigenvalue weighted by Crippen LogP contribution is 2.28. The summed E-state index contributed by atoms with van der Waals surface area (Å²) in [4.78, 5) is 0. The summed E-state index contributed by atoms with van der Waals surface area (Å²) in [6.07, 6.45) is 3.14. The lowest BCUT2D eigenvalue weighted by Crippen LogP contribution is -2.24. The van der Waals surface area contributed by atoms with Gasteiger partial charge in [-0.2, -0.15) is 0 Å². The summed E-state index contributed by atoms with van der Waals surface area (Å²) < 4.78 is 18.2. The lowest BCUT2D eigenvalue weighted by Gasteiger charge is -2.23. The van der Waals surface area contributed by atoms with Crippen molar-refractivity contribution in [3.8, 4) is 5.75 Å². The van der Waals surface area contributed by atoms with Gasteiger partial charge in [0, 0.05) is 12.5 Å². The molecule has 1 saturated heterocycles. The molecular formula is C12H12O3S2. The summed E-state index contributed by atoms with van der Waals surface area (Å²) in [6, 6.07) is 5.74. The molecule has 0 bridgehead atoms. The van der Waals surface area contributed by atoms with E-state index in [1.165, 1.54) is 11.3 Å². The Morgan fingerprint density at radius 3 is 3.12 bits per heavy atom. The third-order valence-electron chi connectivity index (χ3n) is 2.71. The van der Waals surface area contributed by atoms with Gasteiger partial charge in [-0.3, -0.25) is 0 Å². The van der Waals surface area contributed by atoms with E-state index in [0.29, 0.717) is 4.02 Å². The van der Waals surface area contributed by atoms with E-state index >= 15 is 0 Å². The molecule has 0 saturated carbocycles. The van der Waals surface area contributed by atoms with Crippen LogP contribution in [0.3, 0.4) is 0 Å². The Labute approximate surface area is 108 Å². The minimum absolute atomic E-state index is 0.110. The van der Waals surface area contributed by atoms with E-state index in [4.69, 9.17) is 26.1 Å². The minimum Gasteiger partial charge on any atom is -0.465 e. The topological polar surface area (TPSA) is 31.6 Å². The quantitative estimate of drug-likeness (QED) is 0.766. The molecule has 17 heavy (non-hydrogen) atoms. The molecule has 0 amide bonds. The van der Waals surface area contributed by atoms with Crippen molar-refractivity contribution in [2.75, 3.05) is 6.61 Å². The van der Waals surface area contributed by atoms with Crippen molar-refractivity contribution < 1.29 is 13.9 Å². The molecule has 0 aliphatic carbocycles. The molecule has 1 aromatic carbocycles. The fraction of sp³-hybridized carbons (Fsp3) is 0.417. The van der Waals surface area contributed by atoms with Crippen molar-refractivity contribution in [3.63, 3.8) is 0 Å². The molecule has 1 atom stereocenters. The highest BCUT2D eigenvalue weighted by atomic mass is 32.1. The second-order valence-corrected chi connectivity index (χ2v) is 5.62. The van der Waals surface area contributed by atoms with Crippen molar-refractivity contribution in [2.45, 2.75) is 25.6 Å². The summed E-state index contributed by atoms with van der Waals surface area (Å²) in [5.74, 6) is 0.816. The standard InChI is InChI=1S/C12H12O3S2/c16-12-15-9-5-4-8(7-10(9)17-12)14-11-3-1-2-6-13-11/h4-5,7,11H,1-3,6H2/t11-/m0/s1. The summed E-state index contributed by atoms with van der Waals surface area (Å²) >= 11 is 6.46. The van der Waals surface area contributed by atoms with Crippen molar-refractivity contribution in [1.82, 2.24) is 0 Å². The van der Waals surface area contributed by atoms with Crippen LogP contribution in [0, 0.1) is 4.02 Å². The van der Waals surface area contributed by atoms with E-state index in [9.17, 15) is 0 Å². The van der Waals surface area contributed by atoms with E-state index < -0.39 is 0 Å². The molecule has 0 N–H and O–H groups in total. The predicted octanol–water partition coefficient (Wildman–Crippen LogP) is 4.13. The van der Waals surface area contributed by atoms with E-state index in [0.717, 1.165) is 41.9 Å². The fourth-order valence-corrected chi connectivity index (χ4v) is 2.94. The van der Waals surface area contributed by atoms with Gasteiger partial charge in [0.1, 0.15) is 11.3 Å². The summed E-state index contributed by atoms with van der Waals surface area (Å²) in [5.41, 5.74) is 0.817. The van der Waals surface area contributed by atoms with Crippen LogP contribution in [0.4, 0.5) is 0 Å². The lowest BCUT2D eigenvalue weighted by molar-refractivity contribution is -0.105. The van der Waals surface area contributed by atoms with Crippen LogP contribution in [0.25, 0.3) is 10.3 Å². The highest BCUT2D eigenvalue weighted by molar-refractivity contribution is 7.73. The van der Waals surface area contributed by atoms with Gasteiger partial charge < -0.3 is 13.9 Å². The van der Waals surface area contributed by atoms with E-state index in [1.807, 2.05) is 18.2 Å². The molecule has 0 radical (unpaired) electrons. The SMILES string of the molecule is S=c1oc2ccc(O[C@H]3CCCCO3)cc2s1. The van der Waals surface area contributed by atoms with Gasteiger partial charge in [0.15, 0.2) is 6.29 Å². The zero-order chi connectivity index (χ0) is 11.7. The van der Waals surface area contributed by atoms with Gasteiger partial charge in [-0.1, -0.05) is 11.3 Å². The zero-order valence-corrected chi connectivity index (χ0v) is 10.8. The van der Waals surface area contributed by atoms with Gasteiger partial charge in [-0.25, -0.2) is 0 Å². The number of fused-ring (bicyclic) bond motifs is 1. The Bertz CT molecular complexity index is 566. The van der Waals surface area contributed by atoms with Crippen LogP contribution in [0.1, 0.15) is 19.3 Å². The molecule has 3 rings (SSSR count). The average molecular weight is 268 g/mol. The summed E-state index contributed by atoms with van der Waals surface area (Å²) in [5, 5.41) is 0. The fourth-order valence-electron chi connectivity index (χ4n) is 1.88. The Morgan fingerprint density at radius 2 is 2.29 bits per heavy atom. The van der Waals surface area contributed by atoms with Crippen LogP contribution >= 0.6 is 23.6 Å². The normalized spacial score (nSPS) is 20.6. The van der Waals surface area contributed by atoms with Crippen molar-refractivity contribution >= 4 is 33.8 Å². The number of hydrogen-bond donors (Lipinski definition) is 0. The van der Waals surface area contributed by atoms with Crippen LogP contribution in [-0.2, 0) is 4.74 Å². The molecule has 2 heterocycles. The summed E-state index contributed by atoms with van der Waals surface area (Å²) in [7, 11) is 0. The molecule has 1 aliphatic heterocycles. The summed E-state index contributed by atoms with van der Waals surface area (Å²) in [6.45, 7) is 0.789. The number of rotatable bonds is 2. The molecule has 5 heteroatoms. The second-order valence-electron chi connectivity index (χ2n) is 3.98. The van der Waals surface area contributed by atoms with Crippen LogP contribution in [0.5, 0.6) is 5.75 Å². The lowest BCUT2D eigenvalue weighted by atomic mass is 10.2. The van der Waals surface area contributed by atoms with Crippen LogP contribution in [-0.4, -0.2) is 12.9 Å². The van der Waals surface area contributed by atoms with Crippen molar-refractivity contribution in [3.05, 3.63) is 22.2 Å². The van der Waals surface area contributed by atoms with Gasteiger partial charge in [0.25, 0.3) is 0 Å². The van der Waals surface area contributed by atoms with Crippen molar-refractivity contribution in [1.29, 1.82) is 0 Å². The molecule has 1 aromatic heterocycles. The van der Waals surface area contributed by atoms with Crippen LogP contribution in [0.2, 0.25) is 0 Å². The molecule has 2 aromatic rings. The third kappa shape index (κ3) is 2.51. The van der Waals surface area contributed by atoms with Gasteiger partial charge in [-0.05, 0) is 37.2 Å². The molecule has 1 aliphatic rings. The largest absolute Gasteiger partial charge is 0.465 e. The van der Waals surface area contributed by atoms with Gasteiger partial charge in [0.2, 0.25) is 4.02 Å². The zero-order valence-electron chi connectivity index (χ0n) is 9.18. The first-order valence-electron chi connectivity index (χ1n) is 5.63. The van der Waals surface area contributed by atoms with Gasteiger partial charge in [0.05, 0.1) is 11.3 Å². The maximum atomic E-state index is 5.78.